The molecule has 0 aliphatic rings. The Bertz CT molecular complexity index is 779. The van der Waals surface area contributed by atoms with Gasteiger partial charge >= 0.3 is 0 Å². The molecule has 0 bridgehead atoms. The summed E-state index contributed by atoms with van der Waals surface area (Å²) < 4.78 is 1.10. The molecule has 0 atom stereocenters. The van der Waals surface area contributed by atoms with Crippen LogP contribution in [0.15, 0.2) is 53.9 Å². The van der Waals surface area contributed by atoms with E-state index in [0.29, 0.717) is 11.3 Å². The molecule has 20 heavy (non-hydrogen) atoms. The molecular weight excluding hydrogens is 270 g/mol. The van der Waals surface area contributed by atoms with Gasteiger partial charge in [-0.25, -0.2) is 0 Å². The van der Waals surface area contributed by atoms with Crippen molar-refractivity contribution in [2.75, 3.05) is 11.9 Å². The Labute approximate surface area is 120 Å². The molecule has 2 aromatic carbocycles. The fourth-order valence-corrected chi connectivity index (χ4v) is 3.08. The molecule has 1 heterocycles. The van der Waals surface area contributed by atoms with Crippen LogP contribution in [-0.2, 0) is 0 Å². The summed E-state index contributed by atoms with van der Waals surface area (Å²) in [6, 6.07) is 14.5. The monoisotopic (exact) mass is 283 g/mol. The number of rotatable bonds is 2. The Hall–Kier alpha value is -2.33. The first-order valence-electron chi connectivity index (χ1n) is 6.20. The summed E-state index contributed by atoms with van der Waals surface area (Å²) in [5.74, 6) is 0.0744. The highest BCUT2D eigenvalue weighted by atomic mass is 32.1. The number of thiophene rings is 1. The van der Waals surface area contributed by atoms with Crippen molar-refractivity contribution in [3.05, 3.63) is 59.5 Å². The minimum absolute atomic E-state index is 0.0759. The maximum absolute atomic E-state index is 12.6. The van der Waals surface area contributed by atoms with Crippen LogP contribution >= 0.6 is 11.3 Å². The van der Waals surface area contributed by atoms with Crippen molar-refractivity contribution in [3.8, 4) is 5.75 Å². The zero-order valence-electron chi connectivity index (χ0n) is 10.9. The standard InChI is InChI=1S/C16H13NO2S/c1-17(11-5-4-6-12(18)9-11)16(19)14-10-20-15-8-3-2-7-13(14)15/h2-10,18H,1H3. The summed E-state index contributed by atoms with van der Waals surface area (Å²) in [5.41, 5.74) is 1.36. The van der Waals surface area contributed by atoms with Crippen molar-refractivity contribution in [1.82, 2.24) is 0 Å². The van der Waals surface area contributed by atoms with Crippen LogP contribution in [0.2, 0.25) is 0 Å². The van der Waals surface area contributed by atoms with E-state index in [1.807, 2.05) is 29.6 Å². The second kappa shape index (κ2) is 4.98. The summed E-state index contributed by atoms with van der Waals surface area (Å²) >= 11 is 1.56. The number of amides is 1. The summed E-state index contributed by atoms with van der Waals surface area (Å²) in [4.78, 5) is 14.1. The van der Waals surface area contributed by atoms with E-state index in [4.69, 9.17) is 0 Å². The third-order valence-electron chi connectivity index (χ3n) is 3.23. The van der Waals surface area contributed by atoms with Crippen molar-refractivity contribution in [1.29, 1.82) is 0 Å². The first-order valence-corrected chi connectivity index (χ1v) is 7.08. The maximum atomic E-state index is 12.6. The molecule has 0 saturated heterocycles. The first kappa shape index (κ1) is 12.7. The maximum Gasteiger partial charge on any atom is 0.259 e. The van der Waals surface area contributed by atoms with Gasteiger partial charge in [0.1, 0.15) is 5.75 Å². The summed E-state index contributed by atoms with van der Waals surface area (Å²) in [6.45, 7) is 0. The highest BCUT2D eigenvalue weighted by Gasteiger charge is 2.17. The number of benzene rings is 2. The average molecular weight is 283 g/mol. The van der Waals surface area contributed by atoms with Gasteiger partial charge in [-0.1, -0.05) is 24.3 Å². The van der Waals surface area contributed by atoms with Gasteiger partial charge in [-0.15, -0.1) is 11.3 Å². The third kappa shape index (κ3) is 2.14. The van der Waals surface area contributed by atoms with E-state index in [1.165, 1.54) is 0 Å². The number of fused-ring (bicyclic) bond motifs is 1. The van der Waals surface area contributed by atoms with E-state index in [0.717, 1.165) is 10.1 Å². The average Bonchev–Trinajstić information content (AvgIpc) is 2.89. The molecular formula is C16H13NO2S. The number of nitrogens with zero attached hydrogens (tertiary/aromatic N) is 1. The molecule has 100 valence electrons. The molecule has 3 aromatic rings. The van der Waals surface area contributed by atoms with Gasteiger partial charge in [-0.2, -0.15) is 0 Å². The quantitative estimate of drug-likeness (QED) is 0.775. The molecule has 0 fully saturated rings. The van der Waals surface area contributed by atoms with E-state index in [2.05, 4.69) is 0 Å². The van der Waals surface area contributed by atoms with Crippen molar-refractivity contribution < 1.29 is 9.90 Å². The van der Waals surface area contributed by atoms with Crippen molar-refractivity contribution >= 4 is 33.0 Å². The number of anilines is 1. The van der Waals surface area contributed by atoms with Crippen LogP contribution in [0.5, 0.6) is 5.75 Å². The summed E-state index contributed by atoms with van der Waals surface area (Å²) in [5, 5.41) is 12.4. The van der Waals surface area contributed by atoms with Gasteiger partial charge in [0.15, 0.2) is 0 Å². The predicted octanol–water partition coefficient (Wildman–Crippen LogP) is 3.88. The Balaban J connectivity index is 2.00. The van der Waals surface area contributed by atoms with Gasteiger partial charge in [-0.05, 0) is 18.2 Å². The van der Waals surface area contributed by atoms with Gasteiger partial charge in [0, 0.05) is 34.3 Å². The smallest absolute Gasteiger partial charge is 0.259 e. The Kier molecular flexibility index (Phi) is 3.16. The molecule has 0 spiro atoms. The lowest BCUT2D eigenvalue weighted by atomic mass is 10.1. The second-order valence-corrected chi connectivity index (χ2v) is 5.44. The zero-order valence-corrected chi connectivity index (χ0v) is 11.7. The lowest BCUT2D eigenvalue weighted by molar-refractivity contribution is 0.0995. The molecule has 3 nitrogen and oxygen atoms in total. The largest absolute Gasteiger partial charge is 0.508 e. The summed E-state index contributed by atoms with van der Waals surface area (Å²) in [6.07, 6.45) is 0. The van der Waals surface area contributed by atoms with Crippen LogP contribution in [0.4, 0.5) is 5.69 Å². The minimum atomic E-state index is -0.0759. The molecule has 3 rings (SSSR count). The third-order valence-corrected chi connectivity index (χ3v) is 4.20. The number of carbonyl (C=O) groups excluding carboxylic acids is 1. The highest BCUT2D eigenvalue weighted by Crippen LogP contribution is 2.28. The van der Waals surface area contributed by atoms with Gasteiger partial charge in [0.2, 0.25) is 0 Å². The van der Waals surface area contributed by atoms with E-state index in [9.17, 15) is 9.90 Å². The SMILES string of the molecule is CN(C(=O)c1csc2ccccc12)c1cccc(O)c1. The van der Waals surface area contributed by atoms with Crippen molar-refractivity contribution in [2.45, 2.75) is 0 Å². The fraction of sp³-hybridized carbons (Fsp3) is 0.0625. The van der Waals surface area contributed by atoms with Crippen LogP contribution in [0.1, 0.15) is 10.4 Å². The summed E-state index contributed by atoms with van der Waals surface area (Å²) in [7, 11) is 1.71. The van der Waals surface area contributed by atoms with E-state index in [1.54, 1.807) is 47.5 Å². The van der Waals surface area contributed by atoms with Crippen LogP contribution in [0.3, 0.4) is 0 Å². The minimum Gasteiger partial charge on any atom is -0.508 e. The Morgan fingerprint density at radius 2 is 1.95 bits per heavy atom. The fourth-order valence-electron chi connectivity index (χ4n) is 2.14. The second-order valence-electron chi connectivity index (χ2n) is 4.53. The molecule has 0 radical (unpaired) electrons. The first-order chi connectivity index (χ1) is 9.66. The number of carbonyl (C=O) groups is 1. The molecule has 0 unspecified atom stereocenters. The number of aromatic hydroxyl groups is 1. The van der Waals surface area contributed by atoms with Gasteiger partial charge in [0.05, 0.1) is 5.56 Å². The van der Waals surface area contributed by atoms with Gasteiger partial charge in [0.25, 0.3) is 5.91 Å². The lowest BCUT2D eigenvalue weighted by Crippen LogP contribution is -2.25. The molecule has 0 saturated carbocycles. The molecule has 1 N–H and O–H groups in total. The van der Waals surface area contributed by atoms with Crippen LogP contribution in [-0.4, -0.2) is 18.1 Å². The molecule has 1 amide bonds. The molecule has 1 aromatic heterocycles. The highest BCUT2D eigenvalue weighted by molar-refractivity contribution is 7.17. The number of hydrogen-bond donors (Lipinski definition) is 1. The Morgan fingerprint density at radius 1 is 1.15 bits per heavy atom. The zero-order chi connectivity index (χ0) is 14.1. The number of phenols is 1. The van der Waals surface area contributed by atoms with Crippen molar-refractivity contribution in [2.24, 2.45) is 0 Å². The molecule has 4 heteroatoms. The Morgan fingerprint density at radius 3 is 2.75 bits per heavy atom. The lowest BCUT2D eigenvalue weighted by Gasteiger charge is -2.17. The molecule has 0 aliphatic heterocycles. The van der Waals surface area contributed by atoms with Crippen LogP contribution in [0.25, 0.3) is 10.1 Å². The van der Waals surface area contributed by atoms with E-state index < -0.39 is 0 Å². The number of hydrogen-bond acceptors (Lipinski definition) is 3. The number of phenolic OH excluding ortho intramolecular Hbond substituents is 1. The predicted molar refractivity (Wildman–Crippen MR) is 82.7 cm³/mol. The van der Waals surface area contributed by atoms with Crippen molar-refractivity contribution in [3.63, 3.8) is 0 Å². The van der Waals surface area contributed by atoms with Gasteiger partial charge < -0.3 is 10.0 Å². The van der Waals surface area contributed by atoms with Crippen LogP contribution in [0, 0.1) is 0 Å². The molecule has 0 aliphatic carbocycles. The topological polar surface area (TPSA) is 40.5 Å². The van der Waals surface area contributed by atoms with E-state index >= 15 is 0 Å². The normalized spacial score (nSPS) is 10.7. The van der Waals surface area contributed by atoms with Gasteiger partial charge in [-0.3, -0.25) is 4.79 Å². The van der Waals surface area contributed by atoms with Crippen LogP contribution < -0.4 is 4.90 Å². The van der Waals surface area contributed by atoms with E-state index in [-0.39, 0.29) is 11.7 Å².